The number of hydrogen-bond acceptors (Lipinski definition) is 3. The predicted molar refractivity (Wildman–Crippen MR) is 93.3 cm³/mol. The molecule has 4 heteroatoms. The van der Waals surface area contributed by atoms with Gasteiger partial charge < -0.3 is 0 Å². The molecule has 106 valence electrons. The standard InChI is InChI=1S/C18H11ClN2S/c19-18-20-16(13-9-5-2-6-10-13)14-11-15(22-17(14)21-18)12-7-3-1-4-8-12/h1-11H. The maximum absolute atomic E-state index is 6.11. The van der Waals surface area contributed by atoms with Crippen LogP contribution in [0, 0.1) is 0 Å². The first-order chi connectivity index (χ1) is 10.8. The Hall–Kier alpha value is -2.23. The number of hydrogen-bond donors (Lipinski definition) is 0. The smallest absolute Gasteiger partial charge is 0.217 e. The molecular weight excluding hydrogens is 312 g/mol. The van der Waals surface area contributed by atoms with E-state index in [1.807, 2.05) is 48.5 Å². The lowest BCUT2D eigenvalue weighted by molar-refractivity contribution is 1.24. The lowest BCUT2D eigenvalue weighted by atomic mass is 10.1. The zero-order valence-corrected chi connectivity index (χ0v) is 13.1. The lowest BCUT2D eigenvalue weighted by Gasteiger charge is -2.02. The molecule has 0 bridgehead atoms. The normalized spacial score (nSPS) is 11.0. The summed E-state index contributed by atoms with van der Waals surface area (Å²) < 4.78 is 0. The number of fused-ring (bicyclic) bond motifs is 1. The summed E-state index contributed by atoms with van der Waals surface area (Å²) in [5.41, 5.74) is 3.11. The highest BCUT2D eigenvalue weighted by molar-refractivity contribution is 7.21. The van der Waals surface area contributed by atoms with Crippen molar-refractivity contribution in [3.05, 3.63) is 72.0 Å². The molecule has 0 atom stereocenters. The van der Waals surface area contributed by atoms with Gasteiger partial charge in [-0.3, -0.25) is 0 Å². The van der Waals surface area contributed by atoms with Crippen LogP contribution in [-0.2, 0) is 0 Å². The first-order valence-corrected chi connectivity index (χ1v) is 8.08. The molecule has 0 radical (unpaired) electrons. The molecule has 0 amide bonds. The van der Waals surface area contributed by atoms with E-state index in [-0.39, 0.29) is 5.28 Å². The molecule has 2 nitrogen and oxygen atoms in total. The largest absolute Gasteiger partial charge is 0.224 e. The molecule has 2 aromatic carbocycles. The summed E-state index contributed by atoms with van der Waals surface area (Å²) in [6.45, 7) is 0. The van der Waals surface area contributed by atoms with E-state index >= 15 is 0 Å². The van der Waals surface area contributed by atoms with Crippen molar-refractivity contribution in [2.75, 3.05) is 0 Å². The van der Waals surface area contributed by atoms with E-state index in [0.717, 1.165) is 21.5 Å². The summed E-state index contributed by atoms with van der Waals surface area (Å²) >= 11 is 7.75. The second kappa shape index (κ2) is 5.52. The molecule has 0 aliphatic carbocycles. The molecule has 0 saturated heterocycles. The first kappa shape index (κ1) is 13.4. The SMILES string of the molecule is Clc1nc(-c2ccccc2)c2cc(-c3ccccc3)sc2n1. The fourth-order valence-corrected chi connectivity index (χ4v) is 3.71. The number of aromatic nitrogens is 2. The van der Waals surface area contributed by atoms with Crippen molar-refractivity contribution in [2.45, 2.75) is 0 Å². The van der Waals surface area contributed by atoms with E-state index in [1.165, 1.54) is 10.4 Å². The van der Waals surface area contributed by atoms with Crippen molar-refractivity contribution < 1.29 is 0 Å². The molecule has 22 heavy (non-hydrogen) atoms. The van der Waals surface area contributed by atoms with Gasteiger partial charge in [0.1, 0.15) is 4.83 Å². The summed E-state index contributed by atoms with van der Waals surface area (Å²) in [5, 5.41) is 1.33. The number of halogens is 1. The van der Waals surface area contributed by atoms with E-state index in [1.54, 1.807) is 11.3 Å². The van der Waals surface area contributed by atoms with Crippen LogP contribution < -0.4 is 0 Å². The molecule has 0 N–H and O–H groups in total. The van der Waals surface area contributed by atoms with Crippen LogP contribution in [-0.4, -0.2) is 9.97 Å². The Bertz CT molecular complexity index is 933. The topological polar surface area (TPSA) is 25.8 Å². The molecule has 0 aliphatic heterocycles. The van der Waals surface area contributed by atoms with Crippen LogP contribution in [0.3, 0.4) is 0 Å². The van der Waals surface area contributed by atoms with Gasteiger partial charge in [0.05, 0.1) is 5.69 Å². The summed E-state index contributed by atoms with van der Waals surface area (Å²) in [6, 6.07) is 22.5. The molecule has 0 aliphatic rings. The third-order valence-electron chi connectivity index (χ3n) is 3.47. The molecule has 0 saturated carbocycles. The number of rotatable bonds is 2. The van der Waals surface area contributed by atoms with Crippen molar-refractivity contribution >= 4 is 33.2 Å². The second-order valence-electron chi connectivity index (χ2n) is 4.90. The molecule has 2 heterocycles. The van der Waals surface area contributed by atoms with Gasteiger partial charge in [-0.15, -0.1) is 11.3 Å². The van der Waals surface area contributed by atoms with Gasteiger partial charge in [0.25, 0.3) is 0 Å². The van der Waals surface area contributed by atoms with Gasteiger partial charge in [-0.05, 0) is 23.2 Å². The van der Waals surface area contributed by atoms with Crippen molar-refractivity contribution in [2.24, 2.45) is 0 Å². The maximum Gasteiger partial charge on any atom is 0.224 e. The van der Waals surface area contributed by atoms with E-state index < -0.39 is 0 Å². The average Bonchev–Trinajstić information content (AvgIpc) is 2.99. The van der Waals surface area contributed by atoms with Crippen molar-refractivity contribution in [1.82, 2.24) is 9.97 Å². The summed E-state index contributed by atoms with van der Waals surface area (Å²) in [5.74, 6) is 0. The third-order valence-corrected chi connectivity index (χ3v) is 4.72. The number of thiophene rings is 1. The van der Waals surface area contributed by atoms with Crippen LogP contribution in [0.4, 0.5) is 0 Å². The van der Waals surface area contributed by atoms with Gasteiger partial charge >= 0.3 is 0 Å². The first-order valence-electron chi connectivity index (χ1n) is 6.89. The summed E-state index contributed by atoms with van der Waals surface area (Å²) in [7, 11) is 0. The van der Waals surface area contributed by atoms with Gasteiger partial charge in [-0.1, -0.05) is 60.7 Å². The van der Waals surface area contributed by atoms with Gasteiger partial charge in [0.15, 0.2) is 0 Å². The Morgan fingerprint density at radius 2 is 1.41 bits per heavy atom. The molecule has 0 spiro atoms. The summed E-state index contributed by atoms with van der Waals surface area (Å²) in [6.07, 6.45) is 0. The van der Waals surface area contributed by atoms with Crippen molar-refractivity contribution in [3.63, 3.8) is 0 Å². The van der Waals surface area contributed by atoms with Crippen molar-refractivity contribution in [1.29, 1.82) is 0 Å². The van der Waals surface area contributed by atoms with E-state index in [0.29, 0.717) is 0 Å². The minimum atomic E-state index is 0.285. The van der Waals surface area contributed by atoms with Crippen LogP contribution in [0.2, 0.25) is 5.28 Å². The molecule has 4 aromatic rings. The Labute approximate surface area is 137 Å². The Balaban J connectivity index is 1.97. The molecular formula is C18H11ClN2S. The highest BCUT2D eigenvalue weighted by atomic mass is 35.5. The van der Waals surface area contributed by atoms with Crippen LogP contribution in [0.15, 0.2) is 66.7 Å². The quantitative estimate of drug-likeness (QED) is 0.444. The molecule has 4 rings (SSSR count). The van der Waals surface area contributed by atoms with Gasteiger partial charge in [-0.2, -0.15) is 0 Å². The van der Waals surface area contributed by atoms with Gasteiger partial charge in [0, 0.05) is 15.8 Å². The highest BCUT2D eigenvalue weighted by Crippen LogP contribution is 2.37. The number of benzene rings is 2. The van der Waals surface area contributed by atoms with E-state index in [9.17, 15) is 0 Å². The van der Waals surface area contributed by atoms with Gasteiger partial charge in [0.2, 0.25) is 5.28 Å². The Morgan fingerprint density at radius 1 is 0.773 bits per heavy atom. The second-order valence-corrected chi connectivity index (χ2v) is 6.27. The summed E-state index contributed by atoms with van der Waals surface area (Å²) in [4.78, 5) is 10.9. The minimum Gasteiger partial charge on any atom is -0.217 e. The molecule has 2 aromatic heterocycles. The number of nitrogens with zero attached hydrogens (tertiary/aromatic N) is 2. The zero-order chi connectivity index (χ0) is 14.9. The minimum absolute atomic E-state index is 0.285. The molecule has 0 fully saturated rings. The fraction of sp³-hybridized carbons (Fsp3) is 0. The van der Waals surface area contributed by atoms with Crippen molar-refractivity contribution in [3.8, 4) is 21.7 Å². The zero-order valence-electron chi connectivity index (χ0n) is 11.5. The third kappa shape index (κ3) is 2.39. The monoisotopic (exact) mass is 322 g/mol. The van der Waals surface area contributed by atoms with E-state index in [2.05, 4.69) is 28.2 Å². The average molecular weight is 323 g/mol. The Kier molecular flexibility index (Phi) is 3.37. The highest BCUT2D eigenvalue weighted by Gasteiger charge is 2.13. The lowest BCUT2D eigenvalue weighted by Crippen LogP contribution is -1.88. The molecule has 0 unspecified atom stereocenters. The van der Waals surface area contributed by atoms with Crippen LogP contribution in [0.1, 0.15) is 0 Å². The van der Waals surface area contributed by atoms with Crippen LogP contribution >= 0.6 is 22.9 Å². The Morgan fingerprint density at radius 3 is 2.09 bits per heavy atom. The fourth-order valence-electron chi connectivity index (χ4n) is 2.46. The predicted octanol–water partition coefficient (Wildman–Crippen LogP) is 5.68. The van der Waals surface area contributed by atoms with Crippen LogP contribution in [0.5, 0.6) is 0 Å². The van der Waals surface area contributed by atoms with Gasteiger partial charge in [-0.25, -0.2) is 9.97 Å². The maximum atomic E-state index is 6.11. The van der Waals surface area contributed by atoms with E-state index in [4.69, 9.17) is 11.6 Å². The van der Waals surface area contributed by atoms with Crippen LogP contribution in [0.25, 0.3) is 31.9 Å².